The Kier molecular flexibility index (Phi) is 24.8. The van der Waals surface area contributed by atoms with Crippen molar-refractivity contribution in [2.24, 2.45) is 0 Å². The average Bonchev–Trinajstić information content (AvgIpc) is 1.25. The Morgan fingerprint density at radius 2 is 0.292 bits per heavy atom. The van der Waals surface area contributed by atoms with Gasteiger partial charge in [0.05, 0.1) is 0 Å². The molecule has 15 rings (SSSR count). The molecule has 0 atom stereocenters. The molecule has 0 N–H and O–H groups in total. The lowest BCUT2D eigenvalue weighted by Gasteiger charge is -2.07. The van der Waals surface area contributed by atoms with Crippen LogP contribution in [-0.2, 0) is 0 Å². The second-order valence-corrected chi connectivity index (χ2v) is 24.0. The summed E-state index contributed by atoms with van der Waals surface area (Å²) in [5, 5.41) is 0. The Labute approximate surface area is 571 Å². The van der Waals surface area contributed by atoms with Gasteiger partial charge in [-0.15, -0.1) is 0 Å². The highest BCUT2D eigenvalue weighted by Crippen LogP contribution is 2.30. The monoisotopic (exact) mass is 1240 g/mol. The van der Waals surface area contributed by atoms with E-state index >= 15 is 0 Å². The first-order valence-electron chi connectivity index (χ1n) is 33.1. The number of aryl methyl sites for hydroxylation is 6. The van der Waals surface area contributed by atoms with Crippen LogP contribution in [0.2, 0.25) is 0 Å². The van der Waals surface area contributed by atoms with Crippen LogP contribution in [0.5, 0.6) is 0 Å². The van der Waals surface area contributed by atoms with E-state index < -0.39 is 0 Å². The van der Waals surface area contributed by atoms with Gasteiger partial charge in [0.15, 0.2) is 0 Å². The van der Waals surface area contributed by atoms with Crippen LogP contribution < -0.4 is 0 Å². The minimum atomic E-state index is 1.26. The summed E-state index contributed by atoms with van der Waals surface area (Å²) >= 11 is 0. The lowest BCUT2D eigenvalue weighted by atomic mass is 9.98. The highest BCUT2D eigenvalue weighted by molar-refractivity contribution is 5.75. The quantitative estimate of drug-likeness (QED) is 0.135. The van der Waals surface area contributed by atoms with Gasteiger partial charge >= 0.3 is 0 Å². The van der Waals surface area contributed by atoms with Crippen LogP contribution in [0.25, 0.3) is 100 Å². The van der Waals surface area contributed by atoms with E-state index in [0.29, 0.717) is 0 Å². The van der Waals surface area contributed by atoms with Crippen molar-refractivity contribution in [3.05, 3.63) is 434 Å². The summed E-state index contributed by atoms with van der Waals surface area (Å²) in [4.78, 5) is 0. The third-order valence-electron chi connectivity index (χ3n) is 16.7. The molecular weight excluding hydrogens is 1150 g/mol. The Bertz CT molecular complexity index is 4690. The average molecular weight is 1240 g/mol. The van der Waals surface area contributed by atoms with E-state index in [2.05, 4.69) is 406 Å². The van der Waals surface area contributed by atoms with Crippen molar-refractivity contribution in [3.63, 3.8) is 0 Å². The van der Waals surface area contributed by atoms with Gasteiger partial charge in [-0.3, -0.25) is 0 Å². The number of hydrogen-bond donors (Lipinski definition) is 0. The molecule has 0 fully saturated rings. The third kappa shape index (κ3) is 20.2. The molecule has 0 bridgehead atoms. The Morgan fingerprint density at radius 1 is 0.115 bits per heavy atom. The fourth-order valence-electron chi connectivity index (χ4n) is 11.3. The van der Waals surface area contributed by atoms with E-state index in [1.807, 2.05) is 36.4 Å². The molecule has 0 aliphatic carbocycles. The number of rotatable bonds is 9. The normalized spacial score (nSPS) is 10.2. The van der Waals surface area contributed by atoms with E-state index in [0.717, 1.165) is 0 Å². The van der Waals surface area contributed by atoms with E-state index in [9.17, 15) is 0 Å². The minimum Gasteiger partial charge on any atom is -0.0622 e. The molecule has 0 aromatic heterocycles. The van der Waals surface area contributed by atoms with Crippen molar-refractivity contribution >= 4 is 0 Å². The molecule has 468 valence electrons. The van der Waals surface area contributed by atoms with E-state index in [1.165, 1.54) is 134 Å². The van der Waals surface area contributed by atoms with Crippen LogP contribution in [0.15, 0.2) is 400 Å². The summed E-state index contributed by atoms with van der Waals surface area (Å²) in [7, 11) is 0. The molecule has 15 aromatic carbocycles. The minimum absolute atomic E-state index is 1.26. The lowest BCUT2D eigenvalue weighted by molar-refractivity contribution is 1.46. The summed E-state index contributed by atoms with van der Waals surface area (Å²) in [6, 6.07) is 140. The summed E-state index contributed by atoms with van der Waals surface area (Å²) in [6.45, 7) is 12.8. The zero-order valence-corrected chi connectivity index (χ0v) is 56.1. The van der Waals surface area contributed by atoms with Gasteiger partial charge in [-0.05, 0) is 153 Å². The van der Waals surface area contributed by atoms with Gasteiger partial charge in [-0.1, -0.05) is 423 Å². The summed E-state index contributed by atoms with van der Waals surface area (Å²) in [5.74, 6) is 0. The largest absolute Gasteiger partial charge is 0.0622 e. The van der Waals surface area contributed by atoms with E-state index in [-0.39, 0.29) is 0 Å². The highest BCUT2D eigenvalue weighted by atomic mass is 14.1. The first-order chi connectivity index (χ1) is 47.1. The fourth-order valence-corrected chi connectivity index (χ4v) is 11.3. The number of benzene rings is 15. The Hall–Kier alpha value is -11.7. The number of hydrogen-bond acceptors (Lipinski definition) is 0. The smallest absolute Gasteiger partial charge is 0.0155 e. The molecule has 0 heterocycles. The first kappa shape index (κ1) is 67.2. The summed E-state index contributed by atoms with van der Waals surface area (Å²) in [6.07, 6.45) is 0. The van der Waals surface area contributed by atoms with Crippen molar-refractivity contribution in [2.45, 2.75) is 41.5 Å². The molecule has 0 amide bonds. The lowest BCUT2D eigenvalue weighted by Crippen LogP contribution is -1.83. The fraction of sp³-hybridized carbons (Fsp3) is 0.0625. The summed E-state index contributed by atoms with van der Waals surface area (Å²) < 4.78 is 0. The molecular formula is C96H84. The molecule has 0 unspecified atom stereocenters. The van der Waals surface area contributed by atoms with Gasteiger partial charge in [-0.25, -0.2) is 0 Å². The molecule has 0 spiro atoms. The Balaban J connectivity index is 0.000000126. The van der Waals surface area contributed by atoms with Crippen LogP contribution in [0.4, 0.5) is 0 Å². The SMILES string of the molecule is Cc1ccc(-c2ccc(-c3ccccc3)cc2)cc1.Cc1ccc(-c2ccccc2)cc1.Cc1cccc(-c2ccc(-c3ccccc3)cc2)c1.Cc1cccc(-c2ccccc2)c1.Cc1ccccc1-c1ccc(-c2ccccc2)cc1.Cc1ccccc1-c1ccccc1. The van der Waals surface area contributed by atoms with Crippen LogP contribution in [0.3, 0.4) is 0 Å². The van der Waals surface area contributed by atoms with Gasteiger partial charge in [-0.2, -0.15) is 0 Å². The molecule has 0 nitrogen and oxygen atoms in total. The predicted molar refractivity (Wildman–Crippen MR) is 416 cm³/mol. The standard InChI is InChI=1S/3C19H16.3C13H12/c1-15-7-5-6-10-19(15)18-13-11-17(12-14-18)16-8-3-2-4-9-16;1-15-6-5-9-19(14-15)18-12-10-17(11-13-18)16-7-3-2-4-8-16;1-15-7-9-17(10-8-15)19-13-11-18(12-14-19)16-5-3-2-4-6-16;1-11-7-5-6-10-13(11)12-8-3-2-4-9-12;1-11-6-5-9-13(10-11)12-7-3-2-4-8-12;1-11-7-9-13(10-8-11)12-5-3-2-4-6-12/h3*2-14H,1H3;3*2-10H,1H3. The second-order valence-electron chi connectivity index (χ2n) is 24.0. The van der Waals surface area contributed by atoms with Crippen molar-refractivity contribution in [3.8, 4) is 100 Å². The van der Waals surface area contributed by atoms with E-state index in [4.69, 9.17) is 0 Å². The Morgan fingerprint density at radius 3 is 0.552 bits per heavy atom. The maximum absolute atomic E-state index is 2.22. The second kappa shape index (κ2) is 35.4. The zero-order valence-electron chi connectivity index (χ0n) is 56.1. The maximum Gasteiger partial charge on any atom is -0.0155 e. The molecule has 0 aliphatic rings. The van der Waals surface area contributed by atoms with Gasteiger partial charge < -0.3 is 0 Å². The molecule has 0 aliphatic heterocycles. The molecule has 0 radical (unpaired) electrons. The van der Waals surface area contributed by atoms with Crippen molar-refractivity contribution in [1.29, 1.82) is 0 Å². The van der Waals surface area contributed by atoms with Gasteiger partial charge in [0, 0.05) is 0 Å². The van der Waals surface area contributed by atoms with Crippen LogP contribution >= 0.6 is 0 Å². The third-order valence-corrected chi connectivity index (χ3v) is 16.7. The molecule has 96 heavy (non-hydrogen) atoms. The topological polar surface area (TPSA) is 0 Å². The van der Waals surface area contributed by atoms with Crippen molar-refractivity contribution in [1.82, 2.24) is 0 Å². The van der Waals surface area contributed by atoms with Gasteiger partial charge in [0.25, 0.3) is 0 Å². The molecule has 0 saturated heterocycles. The van der Waals surface area contributed by atoms with Crippen LogP contribution in [-0.4, -0.2) is 0 Å². The predicted octanol–water partition coefficient (Wildman–Crippen LogP) is 27.0. The zero-order chi connectivity index (χ0) is 66.5. The first-order valence-corrected chi connectivity index (χ1v) is 33.1. The van der Waals surface area contributed by atoms with Gasteiger partial charge in [0.1, 0.15) is 0 Å². The summed E-state index contributed by atoms with van der Waals surface area (Å²) in [5.41, 5.74) is 30.8. The van der Waals surface area contributed by atoms with Crippen molar-refractivity contribution in [2.75, 3.05) is 0 Å². The molecule has 15 aromatic rings. The van der Waals surface area contributed by atoms with Crippen LogP contribution in [0.1, 0.15) is 33.4 Å². The molecule has 0 heteroatoms. The van der Waals surface area contributed by atoms with Gasteiger partial charge in [0.2, 0.25) is 0 Å². The van der Waals surface area contributed by atoms with E-state index in [1.54, 1.807) is 0 Å². The van der Waals surface area contributed by atoms with Crippen LogP contribution in [0, 0.1) is 41.5 Å². The van der Waals surface area contributed by atoms with Crippen molar-refractivity contribution < 1.29 is 0 Å². The molecule has 0 saturated carbocycles. The maximum atomic E-state index is 2.22. The highest BCUT2D eigenvalue weighted by Gasteiger charge is 2.05.